The molecule has 2 rings (SSSR count). The van der Waals surface area contributed by atoms with Gasteiger partial charge in [-0.25, -0.2) is 4.79 Å². The van der Waals surface area contributed by atoms with Gasteiger partial charge in [0.2, 0.25) is 5.88 Å². The van der Waals surface area contributed by atoms with Gasteiger partial charge in [0.15, 0.2) is 5.60 Å². The first-order valence-electron chi connectivity index (χ1n) is 6.33. The summed E-state index contributed by atoms with van der Waals surface area (Å²) < 4.78 is 32.6. The van der Waals surface area contributed by atoms with Gasteiger partial charge in [0.25, 0.3) is 0 Å². The standard InChI is InChI=1S/C12H18N2O6S/c1-11(2,3)20-10(15)14-6-5-9(13-14)19-12(4)7-17-21(16)18-8-12/h5-6H,7-8H2,1-4H3. The van der Waals surface area contributed by atoms with Crippen LogP contribution in [0.15, 0.2) is 12.3 Å². The van der Waals surface area contributed by atoms with Crippen LogP contribution in [0.2, 0.25) is 0 Å². The quantitative estimate of drug-likeness (QED) is 0.815. The third-order valence-corrected chi connectivity index (χ3v) is 3.04. The Morgan fingerprint density at radius 1 is 1.43 bits per heavy atom. The molecule has 0 radical (unpaired) electrons. The number of hydrogen-bond acceptors (Lipinski definition) is 7. The van der Waals surface area contributed by atoms with Gasteiger partial charge >= 0.3 is 17.5 Å². The van der Waals surface area contributed by atoms with Gasteiger partial charge < -0.3 is 9.47 Å². The van der Waals surface area contributed by atoms with Crippen LogP contribution in [0.5, 0.6) is 5.88 Å². The van der Waals surface area contributed by atoms with Gasteiger partial charge in [-0.2, -0.15) is 8.89 Å². The number of carbonyl (C=O) groups excluding carboxylic acids is 1. The van der Waals surface area contributed by atoms with Crippen molar-refractivity contribution in [1.29, 1.82) is 0 Å². The van der Waals surface area contributed by atoms with E-state index in [0.717, 1.165) is 4.68 Å². The summed E-state index contributed by atoms with van der Waals surface area (Å²) in [4.78, 5) is 11.8. The summed E-state index contributed by atoms with van der Waals surface area (Å²) in [6.45, 7) is 7.23. The van der Waals surface area contributed by atoms with Crippen molar-refractivity contribution in [1.82, 2.24) is 9.78 Å². The molecule has 0 bridgehead atoms. The maximum Gasteiger partial charge on any atom is 0.435 e. The first-order valence-corrected chi connectivity index (χ1v) is 7.33. The molecule has 8 nitrogen and oxygen atoms in total. The SMILES string of the molecule is CC(C)(C)OC(=O)n1ccc(OC2(C)COS(=O)OC2)n1. The molecule has 0 amide bonds. The molecule has 1 saturated heterocycles. The molecule has 0 aromatic carbocycles. The second kappa shape index (κ2) is 5.74. The minimum atomic E-state index is -1.74. The van der Waals surface area contributed by atoms with Gasteiger partial charge in [0.1, 0.15) is 18.8 Å². The summed E-state index contributed by atoms with van der Waals surface area (Å²) in [5, 5.41) is 3.99. The van der Waals surface area contributed by atoms with Crippen LogP contribution in [0, 0.1) is 0 Å². The van der Waals surface area contributed by atoms with E-state index in [2.05, 4.69) is 5.10 Å². The maximum absolute atomic E-state index is 11.8. The van der Waals surface area contributed by atoms with E-state index in [-0.39, 0.29) is 19.1 Å². The summed E-state index contributed by atoms with van der Waals surface area (Å²) in [6, 6.07) is 1.53. The van der Waals surface area contributed by atoms with E-state index in [4.69, 9.17) is 17.8 Å². The fraction of sp³-hybridized carbons (Fsp3) is 0.667. The fourth-order valence-electron chi connectivity index (χ4n) is 1.50. The fourth-order valence-corrected chi connectivity index (χ4v) is 2.26. The zero-order chi connectivity index (χ0) is 15.7. The average molecular weight is 318 g/mol. The smallest absolute Gasteiger partial charge is 0.435 e. The van der Waals surface area contributed by atoms with E-state index in [0.29, 0.717) is 0 Å². The van der Waals surface area contributed by atoms with E-state index in [1.165, 1.54) is 12.3 Å². The Kier molecular flexibility index (Phi) is 4.35. The Balaban J connectivity index is 2.00. The van der Waals surface area contributed by atoms with Crippen molar-refractivity contribution in [2.24, 2.45) is 0 Å². The lowest BCUT2D eigenvalue weighted by atomic mass is 10.1. The lowest BCUT2D eigenvalue weighted by molar-refractivity contribution is -0.0314. The highest BCUT2D eigenvalue weighted by atomic mass is 32.2. The van der Waals surface area contributed by atoms with Gasteiger partial charge in [-0.1, -0.05) is 0 Å². The number of nitrogens with zero attached hydrogens (tertiary/aromatic N) is 2. The normalized spacial score (nSPS) is 26.4. The molecular weight excluding hydrogens is 300 g/mol. The van der Waals surface area contributed by atoms with Crippen LogP contribution in [-0.4, -0.2) is 44.5 Å². The van der Waals surface area contributed by atoms with Crippen LogP contribution in [0.3, 0.4) is 0 Å². The van der Waals surface area contributed by atoms with E-state index in [9.17, 15) is 9.00 Å². The molecule has 0 spiro atoms. The van der Waals surface area contributed by atoms with Gasteiger partial charge in [0, 0.05) is 12.3 Å². The Bertz CT molecular complexity index is 540. The van der Waals surface area contributed by atoms with Crippen molar-refractivity contribution in [2.45, 2.75) is 38.9 Å². The zero-order valence-electron chi connectivity index (χ0n) is 12.3. The van der Waals surface area contributed by atoms with Gasteiger partial charge in [-0.15, -0.1) is 5.10 Å². The van der Waals surface area contributed by atoms with Crippen molar-refractivity contribution in [3.05, 3.63) is 12.3 Å². The highest BCUT2D eigenvalue weighted by molar-refractivity contribution is 7.75. The van der Waals surface area contributed by atoms with Crippen LogP contribution in [0.25, 0.3) is 0 Å². The first-order chi connectivity index (χ1) is 9.67. The number of aromatic nitrogens is 2. The predicted molar refractivity (Wildman–Crippen MR) is 72.9 cm³/mol. The predicted octanol–water partition coefficient (Wildman–Crippen LogP) is 1.43. The van der Waals surface area contributed by atoms with E-state index < -0.39 is 28.7 Å². The topological polar surface area (TPSA) is 88.9 Å². The molecule has 1 fully saturated rings. The van der Waals surface area contributed by atoms with Gasteiger partial charge in [-0.05, 0) is 27.7 Å². The molecular formula is C12H18N2O6S. The molecule has 9 heteroatoms. The van der Waals surface area contributed by atoms with Crippen molar-refractivity contribution in [3.63, 3.8) is 0 Å². The Morgan fingerprint density at radius 2 is 2.05 bits per heavy atom. The van der Waals surface area contributed by atoms with Crippen molar-refractivity contribution in [3.8, 4) is 5.88 Å². The molecule has 0 atom stereocenters. The first kappa shape index (κ1) is 15.9. The summed E-state index contributed by atoms with van der Waals surface area (Å²) >= 11 is -1.74. The van der Waals surface area contributed by atoms with Crippen molar-refractivity contribution >= 4 is 17.5 Å². The molecule has 0 aliphatic carbocycles. The van der Waals surface area contributed by atoms with Crippen molar-refractivity contribution in [2.75, 3.05) is 13.2 Å². The molecule has 0 unspecified atom stereocenters. The largest absolute Gasteiger partial charge is 0.465 e. The number of hydrogen-bond donors (Lipinski definition) is 0. The molecule has 1 aliphatic heterocycles. The van der Waals surface area contributed by atoms with Crippen LogP contribution in [-0.2, 0) is 24.5 Å². The van der Waals surface area contributed by atoms with E-state index in [1.54, 1.807) is 27.7 Å². The molecule has 2 heterocycles. The second-order valence-electron chi connectivity index (χ2n) is 5.86. The van der Waals surface area contributed by atoms with Crippen LogP contribution in [0.1, 0.15) is 27.7 Å². The summed E-state index contributed by atoms with van der Waals surface area (Å²) in [5.41, 5.74) is -1.42. The second-order valence-corrected chi connectivity index (χ2v) is 6.74. The molecule has 0 N–H and O–H groups in total. The van der Waals surface area contributed by atoms with E-state index in [1.807, 2.05) is 0 Å². The van der Waals surface area contributed by atoms with Crippen LogP contribution in [0.4, 0.5) is 4.79 Å². The molecule has 1 aliphatic rings. The van der Waals surface area contributed by atoms with Crippen LogP contribution >= 0.6 is 0 Å². The zero-order valence-corrected chi connectivity index (χ0v) is 13.1. The van der Waals surface area contributed by atoms with Gasteiger partial charge in [-0.3, -0.25) is 8.37 Å². The summed E-state index contributed by atoms with van der Waals surface area (Å²) in [7, 11) is 0. The lowest BCUT2D eigenvalue weighted by Gasteiger charge is -2.31. The third kappa shape index (κ3) is 4.51. The minimum Gasteiger partial charge on any atom is -0.465 e. The highest BCUT2D eigenvalue weighted by Gasteiger charge is 2.35. The molecule has 21 heavy (non-hydrogen) atoms. The van der Waals surface area contributed by atoms with E-state index >= 15 is 0 Å². The Hall–Kier alpha value is -1.45. The summed E-state index contributed by atoms with van der Waals surface area (Å²) in [5.74, 6) is 0.225. The maximum atomic E-state index is 11.8. The lowest BCUT2D eigenvalue weighted by Crippen LogP contribution is -2.46. The van der Waals surface area contributed by atoms with Crippen molar-refractivity contribution < 1.29 is 26.8 Å². The molecule has 118 valence electrons. The average Bonchev–Trinajstić information content (AvgIpc) is 2.80. The molecule has 1 aromatic rings. The molecule has 0 saturated carbocycles. The third-order valence-electron chi connectivity index (χ3n) is 2.42. The van der Waals surface area contributed by atoms with Gasteiger partial charge in [0.05, 0.1) is 0 Å². The number of carbonyl (C=O) groups is 1. The van der Waals surface area contributed by atoms with Crippen LogP contribution < -0.4 is 4.74 Å². The highest BCUT2D eigenvalue weighted by Crippen LogP contribution is 2.21. The minimum absolute atomic E-state index is 0.0961. The molecule has 1 aromatic heterocycles. The number of ether oxygens (including phenoxy) is 2. The number of rotatable bonds is 2. The monoisotopic (exact) mass is 318 g/mol. The summed E-state index contributed by atoms with van der Waals surface area (Å²) in [6.07, 6.45) is 0.842. The Labute approximate surface area is 125 Å². The Morgan fingerprint density at radius 3 is 2.62 bits per heavy atom.